The van der Waals surface area contributed by atoms with Crippen molar-refractivity contribution in [1.82, 2.24) is 4.90 Å². The number of aliphatic hydroxyl groups is 3. The van der Waals surface area contributed by atoms with Crippen molar-refractivity contribution in [1.29, 1.82) is 0 Å². The SMILES string of the molecule is CC(C)CCc1cc(F)c2c(c1O)C(O)=C1C(=O)[C@]3(O)C(O)=C(C(N)=O)C(=O)[C@@H](N(C)C)[C@@H]3C[C@@H]1C2. The smallest absolute Gasteiger partial charge is 0.255 e. The number of ketones is 2. The zero-order valence-electron chi connectivity index (χ0n) is 20.6. The molecule has 6 N–H and O–H groups in total. The summed E-state index contributed by atoms with van der Waals surface area (Å²) in [6, 6.07) is 0.0510. The number of primary amides is 1. The van der Waals surface area contributed by atoms with E-state index in [0.717, 1.165) is 0 Å². The Morgan fingerprint density at radius 2 is 1.89 bits per heavy atom. The first-order chi connectivity index (χ1) is 16.7. The maximum atomic E-state index is 15.2. The third-order valence-electron chi connectivity index (χ3n) is 7.74. The fourth-order valence-corrected chi connectivity index (χ4v) is 5.95. The molecule has 1 aromatic carbocycles. The standard InChI is InChI=1S/C26H31FN2O7/c1-10(2)5-6-11-9-15(27)13-7-12-8-14-19(29(3)4)22(32)18(25(28)35)24(34)26(14,36)23(33)16(12)21(31)17(13)20(11)30/h9-10,12,14,19,30-31,34,36H,5-8H2,1-4H3,(H2,28,35)/t12-,14-,19-,26-/m0/s1. The molecular weight excluding hydrogens is 471 g/mol. The van der Waals surface area contributed by atoms with Crippen LogP contribution in [0.4, 0.5) is 4.39 Å². The molecule has 0 aliphatic heterocycles. The molecule has 3 aliphatic carbocycles. The van der Waals surface area contributed by atoms with Gasteiger partial charge in [-0.25, -0.2) is 4.39 Å². The van der Waals surface area contributed by atoms with E-state index < -0.39 is 63.9 Å². The van der Waals surface area contributed by atoms with E-state index in [1.807, 2.05) is 13.8 Å². The lowest BCUT2D eigenvalue weighted by molar-refractivity contribution is -0.153. The highest BCUT2D eigenvalue weighted by Crippen LogP contribution is 2.53. The number of phenolic OH excluding ortho intramolecular Hbond substituents is 1. The summed E-state index contributed by atoms with van der Waals surface area (Å²) < 4.78 is 15.2. The topological polar surface area (TPSA) is 161 Å². The second-order valence-electron chi connectivity index (χ2n) is 10.6. The number of phenols is 1. The van der Waals surface area contributed by atoms with Gasteiger partial charge in [0.15, 0.2) is 11.4 Å². The molecule has 0 aromatic heterocycles. The average Bonchev–Trinajstić information content (AvgIpc) is 2.77. The van der Waals surface area contributed by atoms with E-state index in [4.69, 9.17) is 5.73 Å². The summed E-state index contributed by atoms with van der Waals surface area (Å²) in [6.45, 7) is 3.95. The van der Waals surface area contributed by atoms with E-state index >= 15 is 4.39 Å². The van der Waals surface area contributed by atoms with Crippen LogP contribution in [0.3, 0.4) is 0 Å². The molecule has 9 nitrogen and oxygen atoms in total. The fraction of sp³-hybridized carbons (Fsp3) is 0.500. The molecule has 0 unspecified atom stereocenters. The third-order valence-corrected chi connectivity index (χ3v) is 7.74. The lowest BCUT2D eigenvalue weighted by Gasteiger charge is -2.50. The van der Waals surface area contributed by atoms with Crippen LogP contribution >= 0.6 is 0 Å². The molecule has 0 spiro atoms. The van der Waals surface area contributed by atoms with Crippen LogP contribution in [-0.2, 0) is 27.2 Å². The van der Waals surface area contributed by atoms with Crippen LogP contribution in [0.5, 0.6) is 5.75 Å². The van der Waals surface area contributed by atoms with Crippen molar-refractivity contribution in [3.05, 3.63) is 45.5 Å². The van der Waals surface area contributed by atoms with Crippen molar-refractivity contribution in [2.45, 2.75) is 51.2 Å². The number of aryl methyl sites for hydroxylation is 1. The highest BCUT2D eigenvalue weighted by molar-refractivity contribution is 6.24. The Hall–Kier alpha value is -3.24. The summed E-state index contributed by atoms with van der Waals surface area (Å²) >= 11 is 0. The lowest BCUT2D eigenvalue weighted by atomic mass is 9.57. The molecule has 0 radical (unpaired) electrons. The van der Waals surface area contributed by atoms with Gasteiger partial charge in [0.1, 0.15) is 28.7 Å². The molecule has 1 aromatic rings. The Kier molecular flexibility index (Phi) is 6.25. The predicted molar refractivity (Wildman–Crippen MR) is 127 cm³/mol. The van der Waals surface area contributed by atoms with Crippen LogP contribution < -0.4 is 5.73 Å². The van der Waals surface area contributed by atoms with Crippen LogP contribution in [0.25, 0.3) is 5.76 Å². The quantitative estimate of drug-likeness (QED) is 0.380. The Labute approximate surface area is 207 Å². The first kappa shape index (κ1) is 25.8. The Balaban J connectivity index is 1.93. The third kappa shape index (κ3) is 3.54. The maximum absolute atomic E-state index is 15.2. The van der Waals surface area contributed by atoms with Gasteiger partial charge >= 0.3 is 0 Å². The number of amides is 1. The minimum atomic E-state index is -2.71. The number of halogens is 1. The molecule has 10 heteroatoms. The van der Waals surface area contributed by atoms with Crippen LogP contribution in [-0.4, -0.2) is 68.5 Å². The van der Waals surface area contributed by atoms with Crippen molar-refractivity contribution in [3.63, 3.8) is 0 Å². The molecule has 1 fully saturated rings. The Morgan fingerprint density at radius 3 is 2.44 bits per heavy atom. The molecular formula is C26H31FN2O7. The van der Waals surface area contributed by atoms with Crippen LogP contribution in [0.2, 0.25) is 0 Å². The molecule has 0 heterocycles. The summed E-state index contributed by atoms with van der Waals surface area (Å²) in [4.78, 5) is 40.2. The van der Waals surface area contributed by atoms with Crippen molar-refractivity contribution in [2.24, 2.45) is 23.5 Å². The van der Waals surface area contributed by atoms with E-state index in [9.17, 15) is 34.8 Å². The molecule has 4 rings (SSSR count). The highest BCUT2D eigenvalue weighted by Gasteiger charge is 2.64. The second kappa shape index (κ2) is 8.70. The van der Waals surface area contributed by atoms with Crippen molar-refractivity contribution < 1.29 is 39.2 Å². The van der Waals surface area contributed by atoms with Gasteiger partial charge in [0.2, 0.25) is 5.78 Å². The number of carbonyl (C=O) groups is 3. The van der Waals surface area contributed by atoms with Gasteiger partial charge in [-0.1, -0.05) is 13.8 Å². The predicted octanol–water partition coefficient (Wildman–Crippen LogP) is 1.69. The number of nitrogens with zero attached hydrogens (tertiary/aromatic N) is 1. The largest absolute Gasteiger partial charge is 0.508 e. The number of hydrogen-bond donors (Lipinski definition) is 5. The summed E-state index contributed by atoms with van der Waals surface area (Å²) in [5.41, 5.74) is 1.52. The zero-order chi connectivity index (χ0) is 26.9. The van der Waals surface area contributed by atoms with Crippen molar-refractivity contribution in [3.8, 4) is 5.75 Å². The molecule has 1 amide bonds. The van der Waals surface area contributed by atoms with Gasteiger partial charge in [-0.3, -0.25) is 19.3 Å². The van der Waals surface area contributed by atoms with Gasteiger partial charge < -0.3 is 26.2 Å². The van der Waals surface area contributed by atoms with Crippen molar-refractivity contribution in [2.75, 3.05) is 14.1 Å². The second-order valence-corrected chi connectivity index (χ2v) is 10.6. The average molecular weight is 503 g/mol. The normalized spacial score (nSPS) is 27.9. The van der Waals surface area contributed by atoms with Gasteiger partial charge in [-0.2, -0.15) is 0 Å². The molecule has 4 atom stereocenters. The number of aliphatic hydroxyl groups excluding tert-OH is 2. The van der Waals surface area contributed by atoms with E-state index in [1.54, 1.807) is 0 Å². The Morgan fingerprint density at radius 1 is 1.25 bits per heavy atom. The van der Waals surface area contributed by atoms with E-state index in [2.05, 4.69) is 0 Å². The summed E-state index contributed by atoms with van der Waals surface area (Å²) in [7, 11) is 3.04. The number of fused-ring (bicyclic) bond motifs is 3. The summed E-state index contributed by atoms with van der Waals surface area (Å²) in [6.07, 6.45) is 0.845. The molecule has 194 valence electrons. The number of Topliss-reactive ketones (excluding diaryl/α,β-unsaturated/α-hetero) is 2. The minimum Gasteiger partial charge on any atom is -0.508 e. The molecule has 0 saturated heterocycles. The molecule has 0 bridgehead atoms. The van der Waals surface area contributed by atoms with Gasteiger partial charge in [0.25, 0.3) is 5.91 Å². The van der Waals surface area contributed by atoms with E-state index in [0.29, 0.717) is 12.8 Å². The maximum Gasteiger partial charge on any atom is 0.255 e. The summed E-state index contributed by atoms with van der Waals surface area (Å²) in [5, 5.41) is 44.5. The zero-order valence-corrected chi connectivity index (χ0v) is 20.6. The molecule has 36 heavy (non-hydrogen) atoms. The lowest BCUT2D eigenvalue weighted by Crippen LogP contribution is -2.65. The number of aromatic hydroxyl groups is 1. The van der Waals surface area contributed by atoms with Gasteiger partial charge in [-0.05, 0) is 63.2 Å². The number of rotatable bonds is 5. The van der Waals surface area contributed by atoms with Crippen LogP contribution in [0.15, 0.2) is 23.0 Å². The van der Waals surface area contributed by atoms with Gasteiger partial charge in [-0.15, -0.1) is 0 Å². The number of likely N-dealkylation sites (N-methyl/N-ethyl adjacent to an activating group) is 1. The van der Waals surface area contributed by atoms with Crippen molar-refractivity contribution >= 4 is 23.2 Å². The highest BCUT2D eigenvalue weighted by atomic mass is 19.1. The minimum absolute atomic E-state index is 0.0337. The van der Waals surface area contributed by atoms with Crippen LogP contribution in [0.1, 0.15) is 43.4 Å². The molecule has 3 aliphatic rings. The number of benzene rings is 1. The first-order valence-electron chi connectivity index (χ1n) is 11.9. The first-order valence-corrected chi connectivity index (χ1v) is 11.9. The summed E-state index contributed by atoms with van der Waals surface area (Å²) in [5.74, 6) is -7.79. The van der Waals surface area contributed by atoms with E-state index in [1.165, 1.54) is 25.1 Å². The number of carbonyl (C=O) groups excluding carboxylic acids is 3. The van der Waals surface area contributed by atoms with Crippen LogP contribution in [0, 0.1) is 23.6 Å². The van der Waals surface area contributed by atoms with E-state index in [-0.39, 0.29) is 46.8 Å². The monoisotopic (exact) mass is 502 g/mol. The number of nitrogens with two attached hydrogens (primary N) is 1. The van der Waals surface area contributed by atoms with Gasteiger partial charge in [0.05, 0.1) is 11.6 Å². The number of hydrogen-bond acceptors (Lipinski definition) is 8. The Bertz CT molecular complexity index is 1250. The fourth-order valence-electron chi connectivity index (χ4n) is 5.95. The molecule has 1 saturated carbocycles. The van der Waals surface area contributed by atoms with Gasteiger partial charge in [0, 0.05) is 17.1 Å².